The van der Waals surface area contributed by atoms with E-state index in [2.05, 4.69) is 39.0 Å². The molecule has 0 bridgehead atoms. The van der Waals surface area contributed by atoms with Gasteiger partial charge in [0, 0.05) is 11.1 Å². The van der Waals surface area contributed by atoms with Gasteiger partial charge in [0.15, 0.2) is 0 Å². The Bertz CT molecular complexity index is 590. The summed E-state index contributed by atoms with van der Waals surface area (Å²) in [5.74, 6) is 0. The van der Waals surface area contributed by atoms with Crippen LogP contribution in [0.1, 0.15) is 33.9 Å². The SMILES string of the molecule is Cc1ccc(CC(N)c2ccc(Cl)cc2C)cc1C. The van der Waals surface area contributed by atoms with Crippen molar-refractivity contribution in [1.82, 2.24) is 0 Å². The minimum absolute atomic E-state index is 0.0133. The highest BCUT2D eigenvalue weighted by Gasteiger charge is 2.10. The Morgan fingerprint density at radius 1 is 0.947 bits per heavy atom. The van der Waals surface area contributed by atoms with Crippen LogP contribution >= 0.6 is 11.6 Å². The van der Waals surface area contributed by atoms with E-state index in [4.69, 9.17) is 17.3 Å². The first-order valence-electron chi connectivity index (χ1n) is 6.55. The van der Waals surface area contributed by atoms with E-state index in [-0.39, 0.29) is 6.04 Å². The summed E-state index contributed by atoms with van der Waals surface area (Å²) >= 11 is 5.98. The quantitative estimate of drug-likeness (QED) is 0.875. The Morgan fingerprint density at radius 2 is 1.68 bits per heavy atom. The smallest absolute Gasteiger partial charge is 0.0408 e. The van der Waals surface area contributed by atoms with Gasteiger partial charge < -0.3 is 5.73 Å². The molecule has 100 valence electrons. The summed E-state index contributed by atoms with van der Waals surface area (Å²) in [6.07, 6.45) is 0.851. The summed E-state index contributed by atoms with van der Waals surface area (Å²) < 4.78 is 0. The molecule has 0 aliphatic rings. The lowest BCUT2D eigenvalue weighted by Gasteiger charge is -2.16. The molecule has 0 fully saturated rings. The number of hydrogen-bond acceptors (Lipinski definition) is 1. The van der Waals surface area contributed by atoms with E-state index >= 15 is 0 Å². The molecule has 0 saturated heterocycles. The monoisotopic (exact) mass is 273 g/mol. The van der Waals surface area contributed by atoms with Crippen LogP contribution in [0.15, 0.2) is 36.4 Å². The third kappa shape index (κ3) is 3.37. The molecule has 19 heavy (non-hydrogen) atoms. The van der Waals surface area contributed by atoms with E-state index in [1.807, 2.05) is 18.2 Å². The van der Waals surface area contributed by atoms with Gasteiger partial charge >= 0.3 is 0 Å². The minimum Gasteiger partial charge on any atom is -0.324 e. The van der Waals surface area contributed by atoms with Crippen molar-refractivity contribution >= 4 is 11.6 Å². The van der Waals surface area contributed by atoms with Crippen LogP contribution in [0.2, 0.25) is 5.02 Å². The van der Waals surface area contributed by atoms with Gasteiger partial charge in [-0.3, -0.25) is 0 Å². The molecule has 2 N–H and O–H groups in total. The van der Waals surface area contributed by atoms with Crippen LogP contribution < -0.4 is 5.73 Å². The highest BCUT2D eigenvalue weighted by molar-refractivity contribution is 6.30. The molecule has 1 unspecified atom stereocenters. The molecule has 0 aromatic heterocycles. The molecular formula is C17H20ClN. The Labute approximate surface area is 120 Å². The molecule has 2 aromatic rings. The molecule has 0 amide bonds. The molecule has 0 aliphatic heterocycles. The Kier molecular flexibility index (Phi) is 4.28. The van der Waals surface area contributed by atoms with E-state index in [9.17, 15) is 0 Å². The second-order valence-corrected chi connectivity index (χ2v) is 5.67. The topological polar surface area (TPSA) is 26.0 Å². The maximum absolute atomic E-state index is 6.32. The highest BCUT2D eigenvalue weighted by Crippen LogP contribution is 2.23. The van der Waals surface area contributed by atoms with Crippen LogP contribution in [0, 0.1) is 20.8 Å². The zero-order valence-corrected chi connectivity index (χ0v) is 12.5. The molecule has 0 saturated carbocycles. The number of aryl methyl sites for hydroxylation is 3. The van der Waals surface area contributed by atoms with Crippen LogP contribution in [-0.2, 0) is 6.42 Å². The second kappa shape index (κ2) is 5.77. The van der Waals surface area contributed by atoms with Crippen molar-refractivity contribution in [1.29, 1.82) is 0 Å². The molecule has 0 heterocycles. The van der Waals surface area contributed by atoms with E-state index in [0.29, 0.717) is 0 Å². The summed E-state index contributed by atoms with van der Waals surface area (Å²) in [6.45, 7) is 6.32. The Balaban J connectivity index is 2.20. The molecule has 2 rings (SSSR count). The molecule has 1 atom stereocenters. The summed E-state index contributed by atoms with van der Waals surface area (Å²) in [7, 11) is 0. The number of hydrogen-bond donors (Lipinski definition) is 1. The van der Waals surface area contributed by atoms with Crippen molar-refractivity contribution in [3.05, 3.63) is 69.2 Å². The fourth-order valence-electron chi connectivity index (χ4n) is 2.35. The van der Waals surface area contributed by atoms with E-state index in [1.54, 1.807) is 0 Å². The van der Waals surface area contributed by atoms with Gasteiger partial charge in [-0.05, 0) is 67.1 Å². The molecule has 1 nitrogen and oxygen atoms in total. The van der Waals surface area contributed by atoms with Gasteiger partial charge in [-0.2, -0.15) is 0 Å². The van der Waals surface area contributed by atoms with Gasteiger partial charge in [-0.1, -0.05) is 35.9 Å². The van der Waals surface area contributed by atoms with Crippen molar-refractivity contribution in [3.8, 4) is 0 Å². The summed E-state index contributed by atoms with van der Waals surface area (Å²) in [6, 6.07) is 12.5. The third-order valence-corrected chi connectivity index (χ3v) is 3.89. The highest BCUT2D eigenvalue weighted by atomic mass is 35.5. The normalized spacial score (nSPS) is 12.5. The van der Waals surface area contributed by atoms with Gasteiger partial charge in [0.25, 0.3) is 0 Å². The van der Waals surface area contributed by atoms with Crippen molar-refractivity contribution in [2.24, 2.45) is 5.73 Å². The van der Waals surface area contributed by atoms with Gasteiger partial charge in [-0.25, -0.2) is 0 Å². The van der Waals surface area contributed by atoms with Crippen LogP contribution in [0.25, 0.3) is 0 Å². The van der Waals surface area contributed by atoms with Crippen LogP contribution in [0.4, 0.5) is 0 Å². The van der Waals surface area contributed by atoms with E-state index in [0.717, 1.165) is 17.0 Å². The molecule has 0 spiro atoms. The van der Waals surface area contributed by atoms with Crippen molar-refractivity contribution in [2.75, 3.05) is 0 Å². The lowest BCUT2D eigenvalue weighted by molar-refractivity contribution is 0.716. The lowest BCUT2D eigenvalue weighted by atomic mass is 9.95. The number of rotatable bonds is 3. The van der Waals surface area contributed by atoms with Crippen molar-refractivity contribution in [2.45, 2.75) is 33.2 Å². The van der Waals surface area contributed by atoms with Gasteiger partial charge in [0.1, 0.15) is 0 Å². The zero-order chi connectivity index (χ0) is 14.0. The molecular weight excluding hydrogens is 254 g/mol. The predicted molar refractivity (Wildman–Crippen MR) is 82.7 cm³/mol. The van der Waals surface area contributed by atoms with Gasteiger partial charge in [-0.15, -0.1) is 0 Å². The van der Waals surface area contributed by atoms with Gasteiger partial charge in [0.05, 0.1) is 0 Å². The molecule has 0 aliphatic carbocycles. The standard InChI is InChI=1S/C17H20ClN/c1-11-4-5-14(8-12(11)2)10-17(19)16-7-6-15(18)9-13(16)3/h4-9,17H,10,19H2,1-3H3. The third-order valence-electron chi connectivity index (χ3n) is 3.66. The average Bonchev–Trinajstić information content (AvgIpc) is 2.33. The van der Waals surface area contributed by atoms with Crippen LogP contribution in [0.3, 0.4) is 0 Å². The van der Waals surface area contributed by atoms with Gasteiger partial charge in [0.2, 0.25) is 0 Å². The maximum Gasteiger partial charge on any atom is 0.0408 e. The fraction of sp³-hybridized carbons (Fsp3) is 0.294. The Morgan fingerprint density at radius 3 is 2.32 bits per heavy atom. The van der Waals surface area contributed by atoms with E-state index < -0.39 is 0 Å². The van der Waals surface area contributed by atoms with Crippen LogP contribution in [0.5, 0.6) is 0 Å². The van der Waals surface area contributed by atoms with Crippen LogP contribution in [-0.4, -0.2) is 0 Å². The van der Waals surface area contributed by atoms with E-state index in [1.165, 1.54) is 22.3 Å². The van der Waals surface area contributed by atoms with Crippen molar-refractivity contribution in [3.63, 3.8) is 0 Å². The first kappa shape index (κ1) is 14.1. The molecule has 0 radical (unpaired) electrons. The summed E-state index contributed by atoms with van der Waals surface area (Å²) in [5.41, 5.74) is 12.6. The minimum atomic E-state index is 0.0133. The maximum atomic E-state index is 6.32. The lowest BCUT2D eigenvalue weighted by Crippen LogP contribution is -2.14. The largest absolute Gasteiger partial charge is 0.324 e. The molecule has 2 aromatic carbocycles. The van der Waals surface area contributed by atoms with Crippen molar-refractivity contribution < 1.29 is 0 Å². The summed E-state index contributed by atoms with van der Waals surface area (Å²) in [4.78, 5) is 0. The first-order valence-corrected chi connectivity index (χ1v) is 6.93. The zero-order valence-electron chi connectivity index (χ0n) is 11.7. The fourth-order valence-corrected chi connectivity index (χ4v) is 2.58. The molecule has 2 heteroatoms. The predicted octanol–water partition coefficient (Wildman–Crippen LogP) is 4.51. The number of nitrogens with two attached hydrogens (primary N) is 1. The summed E-state index contributed by atoms with van der Waals surface area (Å²) in [5, 5.41) is 0.764. The first-order chi connectivity index (χ1) is 8.97. The Hall–Kier alpha value is -1.31. The second-order valence-electron chi connectivity index (χ2n) is 5.23. The number of benzene rings is 2. The average molecular weight is 274 g/mol. The number of halogens is 1.